The van der Waals surface area contributed by atoms with Gasteiger partial charge in [-0.1, -0.05) is 19.3 Å². The second-order valence-corrected chi connectivity index (χ2v) is 5.61. The van der Waals surface area contributed by atoms with Gasteiger partial charge in [-0.25, -0.2) is 10.9 Å². The molecule has 9 nitrogen and oxygen atoms in total. The molecule has 0 bridgehead atoms. The second kappa shape index (κ2) is 17.0. The van der Waals surface area contributed by atoms with Gasteiger partial charge in [-0.05, 0) is 26.4 Å². The zero-order valence-electron chi connectivity index (χ0n) is 15.0. The lowest BCUT2D eigenvalue weighted by molar-refractivity contribution is -0.126. The molecule has 5 N–H and O–H groups in total. The standard InChI is InChI=1S/C16H31N5O4/c1-17-8-6-4-2-3-5-7-14(23)11-20-21-13-16(25)19-12-15(24)18-9-10-22/h10,17,20-21H,2-9,11-13H2,1H3,(H,18,24)(H,19,25). The molecule has 0 aliphatic rings. The lowest BCUT2D eigenvalue weighted by atomic mass is 10.1. The minimum Gasteiger partial charge on any atom is -0.348 e. The third-order valence-electron chi connectivity index (χ3n) is 3.37. The smallest absolute Gasteiger partial charge is 0.239 e. The van der Waals surface area contributed by atoms with Crippen LogP contribution in [0, 0.1) is 0 Å². The Hall–Kier alpha value is -1.84. The van der Waals surface area contributed by atoms with E-state index in [2.05, 4.69) is 26.8 Å². The topological polar surface area (TPSA) is 128 Å². The summed E-state index contributed by atoms with van der Waals surface area (Å²) in [5.41, 5.74) is 5.32. The molecule has 0 unspecified atom stereocenters. The number of carbonyl (C=O) groups excluding carboxylic acids is 4. The average Bonchev–Trinajstić information content (AvgIpc) is 2.61. The molecule has 0 fully saturated rings. The molecule has 0 saturated carbocycles. The van der Waals surface area contributed by atoms with Crippen molar-refractivity contribution in [3.05, 3.63) is 0 Å². The van der Waals surface area contributed by atoms with Crippen LogP contribution in [0.5, 0.6) is 0 Å². The Morgan fingerprint density at radius 3 is 2.16 bits per heavy atom. The minimum atomic E-state index is -0.436. The van der Waals surface area contributed by atoms with Crippen LogP contribution in [0.4, 0.5) is 0 Å². The average molecular weight is 357 g/mol. The van der Waals surface area contributed by atoms with Gasteiger partial charge >= 0.3 is 0 Å². The van der Waals surface area contributed by atoms with Gasteiger partial charge in [-0.15, -0.1) is 0 Å². The van der Waals surface area contributed by atoms with Gasteiger partial charge < -0.3 is 20.7 Å². The third kappa shape index (κ3) is 16.8. The number of aldehydes is 1. The van der Waals surface area contributed by atoms with E-state index >= 15 is 0 Å². The summed E-state index contributed by atoms with van der Waals surface area (Å²) < 4.78 is 0. The summed E-state index contributed by atoms with van der Waals surface area (Å²) in [5, 5.41) is 7.79. The number of nitrogens with one attached hydrogen (secondary N) is 5. The fourth-order valence-corrected chi connectivity index (χ4v) is 2.01. The van der Waals surface area contributed by atoms with E-state index in [9.17, 15) is 19.2 Å². The van der Waals surface area contributed by atoms with Gasteiger partial charge in [0.2, 0.25) is 11.8 Å². The molecule has 0 rings (SSSR count). The monoisotopic (exact) mass is 357 g/mol. The largest absolute Gasteiger partial charge is 0.348 e. The minimum absolute atomic E-state index is 0.0558. The van der Waals surface area contributed by atoms with Gasteiger partial charge in [0.15, 0.2) is 0 Å². The van der Waals surface area contributed by atoms with Crippen LogP contribution >= 0.6 is 0 Å². The van der Waals surface area contributed by atoms with E-state index in [0.29, 0.717) is 12.7 Å². The van der Waals surface area contributed by atoms with Crippen molar-refractivity contribution in [2.75, 3.05) is 39.8 Å². The molecule has 25 heavy (non-hydrogen) atoms. The number of hydrazine groups is 1. The number of hydrogen-bond acceptors (Lipinski definition) is 7. The first-order chi connectivity index (χ1) is 12.1. The molecule has 0 spiro atoms. The van der Waals surface area contributed by atoms with Crippen LogP contribution in [0.25, 0.3) is 0 Å². The van der Waals surface area contributed by atoms with E-state index in [-0.39, 0.29) is 37.9 Å². The quantitative estimate of drug-likeness (QED) is 0.124. The molecule has 0 aromatic heterocycles. The zero-order valence-corrected chi connectivity index (χ0v) is 15.0. The normalized spacial score (nSPS) is 10.3. The van der Waals surface area contributed by atoms with E-state index < -0.39 is 5.91 Å². The predicted molar refractivity (Wildman–Crippen MR) is 94.7 cm³/mol. The van der Waals surface area contributed by atoms with Crippen LogP contribution in [-0.4, -0.2) is 63.7 Å². The molecular weight excluding hydrogens is 326 g/mol. The van der Waals surface area contributed by atoms with Gasteiger partial charge in [-0.3, -0.25) is 14.4 Å². The summed E-state index contributed by atoms with van der Waals surface area (Å²) in [6.45, 7) is 0.867. The van der Waals surface area contributed by atoms with Crippen molar-refractivity contribution in [2.24, 2.45) is 0 Å². The molecule has 0 radical (unpaired) electrons. The molecule has 0 aromatic rings. The van der Waals surface area contributed by atoms with Crippen molar-refractivity contribution in [3.8, 4) is 0 Å². The van der Waals surface area contributed by atoms with Crippen molar-refractivity contribution in [2.45, 2.75) is 38.5 Å². The van der Waals surface area contributed by atoms with Crippen molar-refractivity contribution in [3.63, 3.8) is 0 Å². The maximum absolute atomic E-state index is 11.6. The fourth-order valence-electron chi connectivity index (χ4n) is 2.01. The van der Waals surface area contributed by atoms with Gasteiger partial charge in [0.05, 0.1) is 26.2 Å². The molecule has 0 atom stereocenters. The Bertz CT molecular complexity index is 404. The predicted octanol–water partition coefficient (Wildman–Crippen LogP) is -1.36. The first-order valence-corrected chi connectivity index (χ1v) is 8.69. The Kier molecular flexibility index (Phi) is 15.7. The number of unbranched alkanes of at least 4 members (excludes halogenated alkanes) is 4. The first-order valence-electron chi connectivity index (χ1n) is 8.69. The summed E-state index contributed by atoms with van der Waals surface area (Å²) >= 11 is 0. The summed E-state index contributed by atoms with van der Waals surface area (Å²) in [6, 6.07) is 0. The number of hydrogen-bond donors (Lipinski definition) is 5. The molecular formula is C16H31N5O4. The fraction of sp³-hybridized carbons (Fsp3) is 0.750. The summed E-state index contributed by atoms with van der Waals surface area (Å²) in [7, 11) is 1.94. The van der Waals surface area contributed by atoms with E-state index in [1.54, 1.807) is 0 Å². The lowest BCUT2D eigenvalue weighted by Gasteiger charge is -2.08. The molecule has 0 heterocycles. The number of amides is 2. The second-order valence-electron chi connectivity index (χ2n) is 5.61. The third-order valence-corrected chi connectivity index (χ3v) is 3.37. The summed E-state index contributed by atoms with van der Waals surface area (Å²) in [6.07, 6.45) is 6.51. The van der Waals surface area contributed by atoms with Gasteiger partial charge in [0.25, 0.3) is 0 Å². The molecule has 0 aromatic carbocycles. The summed E-state index contributed by atoms with van der Waals surface area (Å²) in [5.74, 6) is -0.728. The van der Waals surface area contributed by atoms with Crippen LogP contribution in [0.3, 0.4) is 0 Å². The molecule has 2 amide bonds. The number of Topliss-reactive ketones (excluding diaryl/α,β-unsaturated/α-hetero) is 1. The van der Waals surface area contributed by atoms with Gasteiger partial charge in [0, 0.05) is 6.42 Å². The first kappa shape index (κ1) is 23.2. The molecule has 0 saturated heterocycles. The van der Waals surface area contributed by atoms with E-state index in [1.807, 2.05) is 7.05 Å². The molecule has 144 valence electrons. The van der Waals surface area contributed by atoms with Crippen molar-refractivity contribution < 1.29 is 19.2 Å². The lowest BCUT2D eigenvalue weighted by Crippen LogP contribution is -2.45. The van der Waals surface area contributed by atoms with Crippen molar-refractivity contribution >= 4 is 23.9 Å². The Morgan fingerprint density at radius 2 is 1.44 bits per heavy atom. The van der Waals surface area contributed by atoms with E-state index in [1.165, 1.54) is 6.42 Å². The highest BCUT2D eigenvalue weighted by molar-refractivity contribution is 5.86. The van der Waals surface area contributed by atoms with Gasteiger partial charge in [-0.2, -0.15) is 0 Å². The summed E-state index contributed by atoms with van der Waals surface area (Å²) in [4.78, 5) is 44.3. The van der Waals surface area contributed by atoms with Crippen LogP contribution < -0.4 is 26.8 Å². The maximum atomic E-state index is 11.6. The Morgan fingerprint density at radius 1 is 0.800 bits per heavy atom. The van der Waals surface area contributed by atoms with Crippen molar-refractivity contribution in [1.82, 2.24) is 26.8 Å². The highest BCUT2D eigenvalue weighted by Crippen LogP contribution is 2.05. The van der Waals surface area contributed by atoms with Crippen LogP contribution in [0.15, 0.2) is 0 Å². The van der Waals surface area contributed by atoms with E-state index in [0.717, 1.165) is 32.2 Å². The highest BCUT2D eigenvalue weighted by atomic mass is 16.2. The van der Waals surface area contributed by atoms with Crippen LogP contribution in [0.1, 0.15) is 38.5 Å². The zero-order chi connectivity index (χ0) is 18.8. The SMILES string of the molecule is CNCCCCCCCC(=O)CNNCC(=O)NCC(=O)NCC=O. The number of rotatable bonds is 17. The Balaban J connectivity index is 3.45. The number of carbonyl (C=O) groups is 4. The molecule has 0 aliphatic heterocycles. The number of ketones is 1. The molecule has 0 aliphatic carbocycles. The van der Waals surface area contributed by atoms with Crippen LogP contribution in [-0.2, 0) is 19.2 Å². The Labute approximate surface area is 149 Å². The molecule has 9 heteroatoms. The highest BCUT2D eigenvalue weighted by Gasteiger charge is 2.05. The maximum Gasteiger partial charge on any atom is 0.239 e. The van der Waals surface area contributed by atoms with E-state index in [4.69, 9.17) is 0 Å². The van der Waals surface area contributed by atoms with Gasteiger partial charge in [0.1, 0.15) is 12.1 Å². The van der Waals surface area contributed by atoms with Crippen LogP contribution in [0.2, 0.25) is 0 Å². The van der Waals surface area contributed by atoms with Crippen molar-refractivity contribution in [1.29, 1.82) is 0 Å².